The van der Waals surface area contributed by atoms with Crippen LogP contribution >= 0.6 is 11.6 Å². The second kappa shape index (κ2) is 5.49. The highest BCUT2D eigenvalue weighted by molar-refractivity contribution is 6.30. The molecule has 0 unspecified atom stereocenters. The highest BCUT2D eigenvalue weighted by Crippen LogP contribution is 2.30. The first-order valence-corrected chi connectivity index (χ1v) is 5.94. The molecule has 108 valence electrons. The third-order valence-corrected chi connectivity index (χ3v) is 2.94. The van der Waals surface area contributed by atoms with Crippen molar-refractivity contribution in [1.82, 2.24) is 0 Å². The molecule has 0 aromatic heterocycles. The van der Waals surface area contributed by atoms with E-state index in [0.29, 0.717) is 0 Å². The maximum Gasteiger partial charge on any atom is 0.335 e. The van der Waals surface area contributed by atoms with E-state index in [9.17, 15) is 18.4 Å². The number of carboxylic acids is 2. The molecular weight excluding hydrogens is 306 g/mol. The van der Waals surface area contributed by atoms with Crippen LogP contribution in [0.25, 0.3) is 11.1 Å². The molecule has 0 fully saturated rings. The molecule has 21 heavy (non-hydrogen) atoms. The average Bonchev–Trinajstić information content (AvgIpc) is 2.36. The minimum absolute atomic E-state index is 0.165. The fourth-order valence-electron chi connectivity index (χ4n) is 1.84. The Morgan fingerprint density at radius 2 is 1.29 bits per heavy atom. The predicted octanol–water partition coefficient (Wildman–Crippen LogP) is 3.68. The van der Waals surface area contributed by atoms with Crippen LogP contribution in [0.3, 0.4) is 0 Å². The number of aromatic carboxylic acids is 2. The highest BCUT2D eigenvalue weighted by atomic mass is 35.5. The van der Waals surface area contributed by atoms with Crippen molar-refractivity contribution in [2.24, 2.45) is 0 Å². The number of benzene rings is 2. The van der Waals surface area contributed by atoms with Gasteiger partial charge in [0.15, 0.2) is 0 Å². The molecule has 0 atom stereocenters. The van der Waals surface area contributed by atoms with Gasteiger partial charge in [-0.2, -0.15) is 0 Å². The molecule has 0 bridgehead atoms. The Morgan fingerprint density at radius 3 is 1.67 bits per heavy atom. The molecule has 0 aliphatic heterocycles. The quantitative estimate of drug-likeness (QED) is 0.906. The summed E-state index contributed by atoms with van der Waals surface area (Å²) in [4.78, 5) is 22.0. The van der Waals surface area contributed by atoms with Gasteiger partial charge in [-0.15, -0.1) is 0 Å². The fraction of sp³-hybridized carbons (Fsp3) is 0. The van der Waals surface area contributed by atoms with Crippen LogP contribution < -0.4 is 0 Å². The van der Waals surface area contributed by atoms with Gasteiger partial charge in [0.05, 0.1) is 16.7 Å². The highest BCUT2D eigenvalue weighted by Gasteiger charge is 2.18. The second-order valence-electron chi connectivity index (χ2n) is 4.15. The van der Waals surface area contributed by atoms with Gasteiger partial charge in [0, 0.05) is 5.02 Å². The molecule has 0 aliphatic rings. The zero-order valence-corrected chi connectivity index (χ0v) is 11.0. The molecule has 2 aromatic rings. The van der Waals surface area contributed by atoms with Crippen LogP contribution in [0.5, 0.6) is 0 Å². The van der Waals surface area contributed by atoms with Gasteiger partial charge in [-0.25, -0.2) is 18.4 Å². The number of halogens is 3. The van der Waals surface area contributed by atoms with Crippen molar-refractivity contribution in [2.45, 2.75) is 0 Å². The lowest BCUT2D eigenvalue weighted by molar-refractivity contribution is 0.0696. The Kier molecular flexibility index (Phi) is 3.90. The summed E-state index contributed by atoms with van der Waals surface area (Å²) in [5.74, 6) is -4.85. The SMILES string of the molecule is O=C(O)c1cc(C(=O)O)cc(-c2c(F)cc(Cl)cc2F)c1. The van der Waals surface area contributed by atoms with Crippen LogP contribution in [0.1, 0.15) is 20.7 Å². The average molecular weight is 313 g/mol. The lowest BCUT2D eigenvalue weighted by Crippen LogP contribution is -2.04. The maximum atomic E-state index is 13.8. The largest absolute Gasteiger partial charge is 0.478 e. The van der Waals surface area contributed by atoms with Crippen LogP contribution in [0.15, 0.2) is 30.3 Å². The number of hydrogen-bond acceptors (Lipinski definition) is 2. The summed E-state index contributed by atoms with van der Waals surface area (Å²) in [6.07, 6.45) is 0. The van der Waals surface area contributed by atoms with Gasteiger partial charge in [-0.3, -0.25) is 0 Å². The van der Waals surface area contributed by atoms with Gasteiger partial charge >= 0.3 is 11.9 Å². The van der Waals surface area contributed by atoms with Gasteiger partial charge < -0.3 is 10.2 Å². The van der Waals surface area contributed by atoms with Gasteiger partial charge in [-0.1, -0.05) is 11.6 Å². The van der Waals surface area contributed by atoms with Gasteiger partial charge in [0.1, 0.15) is 11.6 Å². The molecule has 0 saturated carbocycles. The Balaban J connectivity index is 2.75. The van der Waals surface area contributed by atoms with Crippen LogP contribution in [-0.2, 0) is 0 Å². The molecule has 0 saturated heterocycles. The summed E-state index contributed by atoms with van der Waals surface area (Å²) < 4.78 is 27.7. The van der Waals surface area contributed by atoms with E-state index in [1.54, 1.807) is 0 Å². The smallest absolute Gasteiger partial charge is 0.335 e. The number of rotatable bonds is 3. The molecule has 4 nitrogen and oxygen atoms in total. The minimum atomic E-state index is -1.41. The zero-order valence-electron chi connectivity index (χ0n) is 10.2. The molecular formula is C14H7ClF2O4. The van der Waals surface area contributed by atoms with Crippen molar-refractivity contribution in [3.8, 4) is 11.1 Å². The van der Waals surface area contributed by atoms with Crippen molar-refractivity contribution in [1.29, 1.82) is 0 Å². The van der Waals surface area contributed by atoms with Crippen molar-refractivity contribution in [2.75, 3.05) is 0 Å². The van der Waals surface area contributed by atoms with Crippen molar-refractivity contribution < 1.29 is 28.6 Å². The number of hydrogen-bond donors (Lipinski definition) is 2. The third kappa shape index (κ3) is 3.00. The predicted molar refractivity (Wildman–Crippen MR) is 70.7 cm³/mol. The molecule has 0 heterocycles. The molecule has 2 aromatic carbocycles. The van der Waals surface area contributed by atoms with Crippen molar-refractivity contribution in [3.05, 3.63) is 58.1 Å². The van der Waals surface area contributed by atoms with E-state index in [0.717, 1.165) is 30.3 Å². The van der Waals surface area contributed by atoms with E-state index in [2.05, 4.69) is 0 Å². The molecule has 0 spiro atoms. The summed E-state index contributed by atoms with van der Waals surface area (Å²) in [7, 11) is 0. The first-order chi connectivity index (χ1) is 9.79. The number of carbonyl (C=O) groups is 2. The van der Waals surface area contributed by atoms with Crippen LogP contribution in [0.2, 0.25) is 5.02 Å². The maximum absolute atomic E-state index is 13.8. The lowest BCUT2D eigenvalue weighted by Gasteiger charge is -2.08. The topological polar surface area (TPSA) is 74.6 Å². The fourth-order valence-corrected chi connectivity index (χ4v) is 2.03. The molecule has 2 rings (SSSR count). The second-order valence-corrected chi connectivity index (χ2v) is 4.59. The molecule has 7 heteroatoms. The van der Waals surface area contributed by atoms with Crippen LogP contribution in [-0.4, -0.2) is 22.2 Å². The Morgan fingerprint density at radius 1 is 0.857 bits per heavy atom. The Labute approximate surface area is 122 Å². The molecule has 0 aliphatic carbocycles. The summed E-state index contributed by atoms with van der Waals surface area (Å²) in [6.45, 7) is 0. The van der Waals surface area contributed by atoms with Crippen molar-refractivity contribution >= 4 is 23.5 Å². The normalized spacial score (nSPS) is 10.4. The van der Waals surface area contributed by atoms with Crippen LogP contribution in [0.4, 0.5) is 8.78 Å². The van der Waals surface area contributed by atoms with E-state index < -0.39 is 40.3 Å². The summed E-state index contributed by atoms with van der Waals surface area (Å²) in [6, 6.07) is 4.59. The molecule has 2 N–H and O–H groups in total. The minimum Gasteiger partial charge on any atom is -0.478 e. The van der Waals surface area contributed by atoms with Crippen LogP contribution in [0, 0.1) is 11.6 Å². The Bertz CT molecular complexity index is 703. The van der Waals surface area contributed by atoms with E-state index >= 15 is 0 Å². The Hall–Kier alpha value is -2.47. The first-order valence-electron chi connectivity index (χ1n) is 5.56. The molecule has 0 amide bonds. The summed E-state index contributed by atoms with van der Waals surface area (Å²) in [5.41, 5.74) is -1.51. The van der Waals surface area contributed by atoms with E-state index in [-0.39, 0.29) is 10.6 Å². The van der Waals surface area contributed by atoms with Gasteiger partial charge in [0.2, 0.25) is 0 Å². The first kappa shape index (κ1) is 14.9. The summed E-state index contributed by atoms with van der Waals surface area (Å²) in [5, 5.41) is 17.7. The summed E-state index contributed by atoms with van der Waals surface area (Å²) >= 11 is 5.50. The van der Waals surface area contributed by atoms with E-state index in [1.165, 1.54) is 0 Å². The lowest BCUT2D eigenvalue weighted by atomic mass is 9.99. The van der Waals surface area contributed by atoms with Crippen molar-refractivity contribution in [3.63, 3.8) is 0 Å². The van der Waals surface area contributed by atoms with Gasteiger partial charge in [0.25, 0.3) is 0 Å². The monoisotopic (exact) mass is 312 g/mol. The third-order valence-electron chi connectivity index (χ3n) is 2.72. The molecule has 0 radical (unpaired) electrons. The van der Waals surface area contributed by atoms with E-state index in [1.807, 2.05) is 0 Å². The number of carboxylic acid groups (broad SMARTS) is 2. The van der Waals surface area contributed by atoms with Gasteiger partial charge in [-0.05, 0) is 35.9 Å². The zero-order chi connectivity index (χ0) is 15.7. The van der Waals surface area contributed by atoms with E-state index in [4.69, 9.17) is 21.8 Å². The standard InChI is InChI=1S/C14H7ClF2O4/c15-9-4-10(16)12(11(17)5-9)6-1-7(13(18)19)3-8(2-6)14(20)21/h1-5H,(H,18,19)(H,20,21).